The summed E-state index contributed by atoms with van der Waals surface area (Å²) in [4.78, 5) is 10.9. The lowest BCUT2D eigenvalue weighted by Crippen LogP contribution is -2.29. The molecule has 1 fully saturated rings. The molecule has 0 N–H and O–H groups in total. The Morgan fingerprint density at radius 3 is 2.86 bits per heavy atom. The molecule has 1 rings (SSSR count). The Bertz CT molecular complexity index is 198. The average molecular weight is 196 g/mol. The van der Waals surface area contributed by atoms with Crippen LogP contribution in [0, 0.1) is 5.92 Å². The molecule has 80 valence electrons. The van der Waals surface area contributed by atoms with Gasteiger partial charge in [-0.2, -0.15) is 0 Å². The number of carbonyl (C=O) groups is 1. The van der Waals surface area contributed by atoms with E-state index in [1.165, 1.54) is 26.2 Å². The van der Waals surface area contributed by atoms with Crippen LogP contribution in [0.5, 0.6) is 0 Å². The fourth-order valence-electron chi connectivity index (χ4n) is 2.20. The van der Waals surface area contributed by atoms with E-state index in [0.717, 1.165) is 19.3 Å². The molecule has 2 heteroatoms. The van der Waals surface area contributed by atoms with Gasteiger partial charge in [0.15, 0.2) is 0 Å². The molecule has 1 saturated carbocycles. The highest BCUT2D eigenvalue weighted by Gasteiger charge is 2.26. The summed E-state index contributed by atoms with van der Waals surface area (Å²) in [6.45, 7) is 5.22. The predicted molar refractivity (Wildman–Crippen MR) is 56.9 cm³/mol. The fourth-order valence-corrected chi connectivity index (χ4v) is 2.20. The van der Waals surface area contributed by atoms with Crippen molar-refractivity contribution in [2.24, 2.45) is 5.92 Å². The lowest BCUT2D eigenvalue weighted by Gasteiger charge is -2.30. The van der Waals surface area contributed by atoms with Crippen molar-refractivity contribution in [3.05, 3.63) is 12.7 Å². The summed E-state index contributed by atoms with van der Waals surface area (Å²) in [5.41, 5.74) is 0. The van der Waals surface area contributed by atoms with Crippen molar-refractivity contribution >= 4 is 5.97 Å². The summed E-state index contributed by atoms with van der Waals surface area (Å²) in [6, 6.07) is 0. The summed E-state index contributed by atoms with van der Waals surface area (Å²) in [5.74, 6) is 0.422. The van der Waals surface area contributed by atoms with Gasteiger partial charge in [-0.25, -0.2) is 0 Å². The van der Waals surface area contributed by atoms with Gasteiger partial charge in [-0.15, -0.1) is 6.58 Å². The van der Waals surface area contributed by atoms with Gasteiger partial charge in [0.25, 0.3) is 0 Å². The van der Waals surface area contributed by atoms with Crippen molar-refractivity contribution in [2.75, 3.05) is 0 Å². The van der Waals surface area contributed by atoms with Gasteiger partial charge < -0.3 is 4.74 Å². The largest absolute Gasteiger partial charge is 0.462 e. The first-order valence-electron chi connectivity index (χ1n) is 5.52. The van der Waals surface area contributed by atoms with Gasteiger partial charge in [-0.05, 0) is 38.0 Å². The third kappa shape index (κ3) is 3.52. The minimum absolute atomic E-state index is 0.138. The molecule has 0 saturated heterocycles. The van der Waals surface area contributed by atoms with Crippen molar-refractivity contribution in [2.45, 2.75) is 51.6 Å². The van der Waals surface area contributed by atoms with Gasteiger partial charge >= 0.3 is 5.97 Å². The Labute approximate surface area is 86.3 Å². The van der Waals surface area contributed by atoms with E-state index in [1.54, 1.807) is 0 Å². The topological polar surface area (TPSA) is 26.3 Å². The Balaban J connectivity index is 2.41. The maximum Gasteiger partial charge on any atom is 0.302 e. The summed E-state index contributed by atoms with van der Waals surface area (Å²) in [7, 11) is 0. The summed E-state index contributed by atoms with van der Waals surface area (Å²) >= 11 is 0. The van der Waals surface area contributed by atoms with Crippen LogP contribution in [-0.4, -0.2) is 12.1 Å². The summed E-state index contributed by atoms with van der Waals surface area (Å²) < 4.78 is 5.33. The Morgan fingerprint density at radius 1 is 1.50 bits per heavy atom. The molecular formula is C12H20O2. The molecule has 0 bridgehead atoms. The van der Waals surface area contributed by atoms with Crippen LogP contribution < -0.4 is 0 Å². The first-order chi connectivity index (χ1) is 6.74. The van der Waals surface area contributed by atoms with Crippen molar-refractivity contribution in [1.82, 2.24) is 0 Å². The number of hydrogen-bond acceptors (Lipinski definition) is 2. The van der Waals surface area contributed by atoms with E-state index < -0.39 is 0 Å². The minimum atomic E-state index is -0.138. The average Bonchev–Trinajstić information content (AvgIpc) is 2.16. The van der Waals surface area contributed by atoms with Crippen molar-refractivity contribution in [3.63, 3.8) is 0 Å². The van der Waals surface area contributed by atoms with Gasteiger partial charge in [0.05, 0.1) is 0 Å². The molecule has 0 aromatic heterocycles. The minimum Gasteiger partial charge on any atom is -0.462 e. The van der Waals surface area contributed by atoms with Crippen molar-refractivity contribution in [3.8, 4) is 0 Å². The molecular weight excluding hydrogens is 176 g/mol. The van der Waals surface area contributed by atoms with Crippen molar-refractivity contribution < 1.29 is 9.53 Å². The molecule has 0 aromatic rings. The highest BCUT2D eigenvalue weighted by atomic mass is 16.5. The monoisotopic (exact) mass is 196 g/mol. The van der Waals surface area contributed by atoms with E-state index >= 15 is 0 Å². The van der Waals surface area contributed by atoms with Gasteiger partial charge in [-0.3, -0.25) is 4.79 Å². The quantitative estimate of drug-likeness (QED) is 0.510. The van der Waals surface area contributed by atoms with Gasteiger partial charge in [0.2, 0.25) is 0 Å². The lowest BCUT2D eigenvalue weighted by atomic mass is 9.83. The highest BCUT2D eigenvalue weighted by Crippen LogP contribution is 2.30. The van der Waals surface area contributed by atoms with Gasteiger partial charge in [0, 0.05) is 6.92 Å². The van der Waals surface area contributed by atoms with Crippen LogP contribution in [-0.2, 0) is 9.53 Å². The van der Waals surface area contributed by atoms with E-state index in [9.17, 15) is 4.79 Å². The van der Waals surface area contributed by atoms with Crippen LogP contribution in [0.4, 0.5) is 0 Å². The van der Waals surface area contributed by atoms with E-state index in [0.29, 0.717) is 5.92 Å². The van der Waals surface area contributed by atoms with E-state index in [4.69, 9.17) is 4.74 Å². The summed E-state index contributed by atoms with van der Waals surface area (Å²) in [5, 5.41) is 0. The van der Waals surface area contributed by atoms with Crippen LogP contribution in [0.3, 0.4) is 0 Å². The molecule has 0 spiro atoms. The standard InChI is InChI=1S/C12H20O2/c1-3-4-7-11-8-5-6-9-12(11)14-10(2)13/h3,11-12H,1,4-9H2,2H3/t11-,12-/m1/s1. The number of hydrogen-bond donors (Lipinski definition) is 0. The van der Waals surface area contributed by atoms with Gasteiger partial charge in [-0.1, -0.05) is 12.5 Å². The van der Waals surface area contributed by atoms with E-state index in [1.807, 2.05) is 6.08 Å². The number of esters is 1. The SMILES string of the molecule is C=CCC[C@@H]1CCCC[C@H]1OC(C)=O. The fraction of sp³-hybridized carbons (Fsp3) is 0.750. The molecule has 0 aromatic carbocycles. The number of carbonyl (C=O) groups excluding carboxylic acids is 1. The maximum atomic E-state index is 10.9. The molecule has 0 amide bonds. The Hall–Kier alpha value is -0.790. The zero-order valence-corrected chi connectivity index (χ0v) is 9.00. The van der Waals surface area contributed by atoms with Crippen molar-refractivity contribution in [1.29, 1.82) is 0 Å². The normalized spacial score (nSPS) is 26.9. The number of allylic oxidation sites excluding steroid dienone is 1. The van der Waals surface area contributed by atoms with Gasteiger partial charge in [0.1, 0.15) is 6.10 Å². The number of rotatable bonds is 4. The van der Waals surface area contributed by atoms with Crippen LogP contribution in [0.15, 0.2) is 12.7 Å². The van der Waals surface area contributed by atoms with E-state index in [2.05, 4.69) is 6.58 Å². The molecule has 14 heavy (non-hydrogen) atoms. The van der Waals surface area contributed by atoms with Crippen LogP contribution >= 0.6 is 0 Å². The lowest BCUT2D eigenvalue weighted by molar-refractivity contribution is -0.151. The van der Waals surface area contributed by atoms with E-state index in [-0.39, 0.29) is 12.1 Å². The molecule has 1 aliphatic rings. The maximum absolute atomic E-state index is 10.9. The Kier molecular flexibility index (Phi) is 4.71. The molecule has 2 atom stereocenters. The molecule has 0 radical (unpaired) electrons. The first-order valence-corrected chi connectivity index (χ1v) is 5.52. The molecule has 0 aliphatic heterocycles. The highest BCUT2D eigenvalue weighted by molar-refractivity contribution is 5.66. The second-order valence-corrected chi connectivity index (χ2v) is 4.06. The molecule has 2 nitrogen and oxygen atoms in total. The first kappa shape index (κ1) is 11.3. The zero-order chi connectivity index (χ0) is 10.4. The van der Waals surface area contributed by atoms with Crippen LogP contribution in [0.2, 0.25) is 0 Å². The molecule has 0 heterocycles. The third-order valence-corrected chi connectivity index (χ3v) is 2.90. The predicted octanol–water partition coefficient (Wildman–Crippen LogP) is 3.07. The Morgan fingerprint density at radius 2 is 2.21 bits per heavy atom. The van der Waals surface area contributed by atoms with Crippen LogP contribution in [0.25, 0.3) is 0 Å². The summed E-state index contributed by atoms with van der Waals surface area (Å²) in [6.07, 6.45) is 8.97. The smallest absolute Gasteiger partial charge is 0.302 e. The number of ether oxygens (including phenoxy) is 1. The van der Waals surface area contributed by atoms with Crippen LogP contribution in [0.1, 0.15) is 45.4 Å². The second-order valence-electron chi connectivity index (χ2n) is 4.06. The molecule has 1 aliphatic carbocycles. The zero-order valence-electron chi connectivity index (χ0n) is 9.00. The molecule has 0 unspecified atom stereocenters. The second kappa shape index (κ2) is 5.84. The third-order valence-electron chi connectivity index (χ3n) is 2.90.